The number of hydrogen-bond acceptors (Lipinski definition) is 6. The first-order valence-corrected chi connectivity index (χ1v) is 3.34. The van der Waals surface area contributed by atoms with E-state index in [1.54, 1.807) is 0 Å². The van der Waals surface area contributed by atoms with E-state index in [0.717, 1.165) is 0 Å². The predicted molar refractivity (Wildman–Crippen MR) is 42.9 cm³/mol. The van der Waals surface area contributed by atoms with Crippen LogP contribution in [0.3, 0.4) is 0 Å². The van der Waals surface area contributed by atoms with Crippen molar-refractivity contribution in [2.75, 3.05) is 5.73 Å². The largest absolute Gasteiger partial charge is 0.393 e. The second-order valence-electron chi connectivity index (χ2n) is 2.42. The van der Waals surface area contributed by atoms with Gasteiger partial charge >= 0.3 is 0 Å². The average molecular weight is 180 g/mol. The minimum atomic E-state index is -0.580. The average Bonchev–Trinajstić information content (AvgIpc) is 2.48. The molecule has 0 unspecified atom stereocenters. The van der Waals surface area contributed by atoms with Crippen LogP contribution >= 0.6 is 0 Å². The van der Waals surface area contributed by atoms with Crippen LogP contribution in [0.1, 0.15) is 0 Å². The molecular weight excluding hydrogens is 176 g/mol. The third kappa shape index (κ3) is 1.06. The fourth-order valence-corrected chi connectivity index (χ4v) is 0.995. The molecule has 0 saturated carbocycles. The Kier molecular flexibility index (Phi) is 1.38. The molecule has 0 aliphatic heterocycles. The predicted octanol–water partition coefficient (Wildman–Crippen LogP) is 0.713. The van der Waals surface area contributed by atoms with Gasteiger partial charge in [-0.2, -0.15) is 0 Å². The van der Waals surface area contributed by atoms with Crippen LogP contribution in [0, 0.1) is 10.1 Å². The number of hydrogen-bond donors (Lipinski definition) is 1. The number of benzene rings is 1. The van der Waals surface area contributed by atoms with Gasteiger partial charge in [-0.3, -0.25) is 10.1 Å². The smallest absolute Gasteiger partial charge is 0.294 e. The number of nitrogen functional groups attached to an aromatic ring is 1. The van der Waals surface area contributed by atoms with Gasteiger partial charge in [-0.25, -0.2) is 4.63 Å². The number of nitrogens with two attached hydrogens (primary N) is 1. The normalized spacial score (nSPS) is 10.5. The van der Waals surface area contributed by atoms with E-state index >= 15 is 0 Å². The molecule has 7 heteroatoms. The molecule has 0 bridgehead atoms. The second kappa shape index (κ2) is 2.41. The van der Waals surface area contributed by atoms with E-state index in [-0.39, 0.29) is 11.4 Å². The molecule has 66 valence electrons. The highest BCUT2D eigenvalue weighted by Crippen LogP contribution is 2.25. The van der Waals surface area contributed by atoms with E-state index in [2.05, 4.69) is 14.9 Å². The van der Waals surface area contributed by atoms with Gasteiger partial charge in [0.1, 0.15) is 16.7 Å². The van der Waals surface area contributed by atoms with Crippen molar-refractivity contribution in [3.8, 4) is 0 Å². The maximum absolute atomic E-state index is 10.4. The molecule has 0 atom stereocenters. The molecular formula is C6H4N4O3. The minimum Gasteiger partial charge on any atom is -0.393 e. The van der Waals surface area contributed by atoms with E-state index in [1.165, 1.54) is 12.1 Å². The Hall–Kier alpha value is -2.18. The Morgan fingerprint density at radius 3 is 2.62 bits per heavy atom. The summed E-state index contributed by atoms with van der Waals surface area (Å²) < 4.78 is 4.38. The van der Waals surface area contributed by atoms with Crippen molar-refractivity contribution in [2.45, 2.75) is 0 Å². The van der Waals surface area contributed by atoms with Crippen molar-refractivity contribution in [1.29, 1.82) is 0 Å². The molecule has 1 aromatic carbocycles. The summed E-state index contributed by atoms with van der Waals surface area (Å²) >= 11 is 0. The lowest BCUT2D eigenvalue weighted by atomic mass is 10.2. The summed E-state index contributed by atoms with van der Waals surface area (Å²) in [5.74, 6) is 0. The standard InChI is InChI=1S/C6H4N4O3/c7-3-1-4-5(9-13-8-4)2-6(3)10(11)12/h1-2H,7H2. The van der Waals surface area contributed by atoms with Crippen molar-refractivity contribution >= 4 is 22.4 Å². The fourth-order valence-electron chi connectivity index (χ4n) is 0.995. The zero-order valence-electron chi connectivity index (χ0n) is 6.30. The van der Waals surface area contributed by atoms with Gasteiger partial charge in [0.15, 0.2) is 0 Å². The second-order valence-corrected chi connectivity index (χ2v) is 2.42. The first-order valence-electron chi connectivity index (χ1n) is 3.34. The van der Waals surface area contributed by atoms with Crippen molar-refractivity contribution in [2.24, 2.45) is 0 Å². The van der Waals surface area contributed by atoms with Gasteiger partial charge in [0.05, 0.1) is 4.92 Å². The van der Waals surface area contributed by atoms with Crippen molar-refractivity contribution in [1.82, 2.24) is 10.3 Å². The third-order valence-electron chi connectivity index (χ3n) is 1.60. The van der Waals surface area contributed by atoms with E-state index in [1.807, 2.05) is 0 Å². The molecule has 1 aromatic heterocycles. The van der Waals surface area contributed by atoms with Crippen LogP contribution in [0.4, 0.5) is 11.4 Å². The molecule has 0 fully saturated rings. The van der Waals surface area contributed by atoms with Gasteiger partial charge in [-0.05, 0) is 16.4 Å². The van der Waals surface area contributed by atoms with Crippen LogP contribution in [-0.4, -0.2) is 15.2 Å². The summed E-state index contributed by atoms with van der Waals surface area (Å²) in [6.07, 6.45) is 0. The molecule has 13 heavy (non-hydrogen) atoms. The van der Waals surface area contributed by atoms with Gasteiger partial charge < -0.3 is 5.73 Å². The van der Waals surface area contributed by atoms with E-state index in [4.69, 9.17) is 5.73 Å². The Balaban J connectivity index is 2.76. The first-order chi connectivity index (χ1) is 6.18. The number of nitrogens with zero attached hydrogens (tertiary/aromatic N) is 3. The van der Waals surface area contributed by atoms with Crippen molar-refractivity contribution in [3.63, 3.8) is 0 Å². The molecule has 0 saturated heterocycles. The van der Waals surface area contributed by atoms with Crippen LogP contribution in [-0.2, 0) is 0 Å². The lowest BCUT2D eigenvalue weighted by Gasteiger charge is -1.93. The Morgan fingerprint density at radius 2 is 2.00 bits per heavy atom. The SMILES string of the molecule is Nc1cc2nonc2cc1[N+](=O)[O-]. The lowest BCUT2D eigenvalue weighted by Crippen LogP contribution is -1.95. The lowest BCUT2D eigenvalue weighted by molar-refractivity contribution is -0.383. The van der Waals surface area contributed by atoms with Gasteiger partial charge in [0, 0.05) is 6.07 Å². The van der Waals surface area contributed by atoms with Gasteiger partial charge in [-0.1, -0.05) is 0 Å². The van der Waals surface area contributed by atoms with Gasteiger partial charge in [-0.15, -0.1) is 0 Å². The zero-order valence-corrected chi connectivity index (χ0v) is 6.30. The molecule has 0 radical (unpaired) electrons. The number of rotatable bonds is 1. The first kappa shape index (κ1) is 7.47. The van der Waals surface area contributed by atoms with Crippen LogP contribution in [0.15, 0.2) is 16.8 Å². The molecule has 2 N–H and O–H groups in total. The molecule has 7 nitrogen and oxygen atoms in total. The summed E-state index contributed by atoms with van der Waals surface area (Å²) in [4.78, 5) is 9.85. The molecule has 0 aliphatic rings. The molecule has 0 aliphatic carbocycles. The Morgan fingerprint density at radius 1 is 1.38 bits per heavy atom. The summed E-state index contributed by atoms with van der Waals surface area (Å²) in [5, 5.41) is 17.4. The highest BCUT2D eigenvalue weighted by molar-refractivity contribution is 5.82. The van der Waals surface area contributed by atoms with Gasteiger partial charge in [0.2, 0.25) is 0 Å². The van der Waals surface area contributed by atoms with E-state index < -0.39 is 4.92 Å². The molecule has 0 amide bonds. The highest BCUT2D eigenvalue weighted by atomic mass is 16.6. The zero-order chi connectivity index (χ0) is 9.42. The van der Waals surface area contributed by atoms with Gasteiger partial charge in [0.25, 0.3) is 5.69 Å². The quantitative estimate of drug-likeness (QED) is 0.393. The van der Waals surface area contributed by atoms with Crippen LogP contribution in [0.2, 0.25) is 0 Å². The highest BCUT2D eigenvalue weighted by Gasteiger charge is 2.14. The maximum atomic E-state index is 10.4. The van der Waals surface area contributed by atoms with Crippen molar-refractivity contribution in [3.05, 3.63) is 22.2 Å². The third-order valence-corrected chi connectivity index (χ3v) is 1.60. The topological polar surface area (TPSA) is 108 Å². The summed E-state index contributed by atoms with van der Waals surface area (Å²) in [6, 6.07) is 2.57. The van der Waals surface area contributed by atoms with E-state index in [9.17, 15) is 10.1 Å². The monoisotopic (exact) mass is 180 g/mol. The number of nitro benzene ring substituents is 1. The van der Waals surface area contributed by atoms with Crippen LogP contribution < -0.4 is 5.73 Å². The summed E-state index contributed by atoms with van der Waals surface area (Å²) in [6.45, 7) is 0. The molecule has 2 aromatic rings. The minimum absolute atomic E-state index is 0.0493. The summed E-state index contributed by atoms with van der Waals surface area (Å²) in [7, 11) is 0. The Labute approximate surface area is 71.2 Å². The fraction of sp³-hybridized carbons (Fsp3) is 0. The molecule has 1 heterocycles. The van der Waals surface area contributed by atoms with Crippen LogP contribution in [0.5, 0.6) is 0 Å². The summed E-state index contributed by atoms with van der Waals surface area (Å²) in [5.41, 5.74) is 5.98. The van der Waals surface area contributed by atoms with E-state index in [0.29, 0.717) is 11.0 Å². The maximum Gasteiger partial charge on any atom is 0.294 e. The number of aromatic nitrogens is 2. The van der Waals surface area contributed by atoms with Crippen LogP contribution in [0.25, 0.3) is 11.0 Å². The Bertz CT molecular complexity index is 478. The number of nitro groups is 1. The van der Waals surface area contributed by atoms with Crippen molar-refractivity contribution < 1.29 is 9.55 Å². The number of fused-ring (bicyclic) bond motifs is 1. The molecule has 0 spiro atoms. The number of anilines is 1. The molecule has 2 rings (SSSR count).